The smallest absolute Gasteiger partial charge is 0.372 e. The molecule has 0 spiro atoms. The van der Waals surface area contributed by atoms with E-state index in [4.69, 9.17) is 4.74 Å². The summed E-state index contributed by atoms with van der Waals surface area (Å²) in [5.74, 6) is -0.502. The lowest BCUT2D eigenvalue weighted by Crippen LogP contribution is -2.45. The molecule has 3 rings (SSSR count). The molecule has 2 heterocycles. The fourth-order valence-electron chi connectivity index (χ4n) is 3.30. The minimum absolute atomic E-state index is 0.00586. The van der Waals surface area contributed by atoms with Gasteiger partial charge in [0.1, 0.15) is 5.82 Å². The largest absolute Gasteiger partial charge is 0.416 e. The maximum atomic E-state index is 13.0. The van der Waals surface area contributed by atoms with Gasteiger partial charge in [0.2, 0.25) is 0 Å². The molecule has 1 N–H and O–H groups in total. The van der Waals surface area contributed by atoms with E-state index in [1.165, 1.54) is 12.3 Å². The predicted octanol–water partition coefficient (Wildman–Crippen LogP) is 4.99. The van der Waals surface area contributed by atoms with Gasteiger partial charge in [-0.1, -0.05) is 0 Å². The van der Waals surface area contributed by atoms with Crippen molar-refractivity contribution in [1.82, 2.24) is 4.98 Å². The Morgan fingerprint density at radius 1 is 1.00 bits per heavy atom. The molecule has 11 heteroatoms. The summed E-state index contributed by atoms with van der Waals surface area (Å²) in [7, 11) is 0. The third-order valence-electron chi connectivity index (χ3n) is 4.60. The summed E-state index contributed by atoms with van der Waals surface area (Å²) in [5, 5.41) is 2.28. The fourth-order valence-corrected chi connectivity index (χ4v) is 3.30. The van der Waals surface area contributed by atoms with Gasteiger partial charge >= 0.3 is 12.4 Å². The summed E-state index contributed by atoms with van der Waals surface area (Å²) in [6, 6.07) is 3.81. The van der Waals surface area contributed by atoms with E-state index >= 15 is 0 Å². The molecule has 1 amide bonds. The van der Waals surface area contributed by atoms with Gasteiger partial charge in [0.25, 0.3) is 5.91 Å². The number of nitrogens with one attached hydrogen (secondary N) is 1. The highest BCUT2D eigenvalue weighted by atomic mass is 19.4. The SMILES string of the molecule is C[C@@H]1CN(c2ccc(NC(=O)c3cc(C(F)(F)F)cc(C(F)(F)F)c3)cn2)C[C@H](C)O1. The molecule has 2 atom stereocenters. The number of nitrogens with zero attached hydrogens (tertiary/aromatic N) is 2. The van der Waals surface area contributed by atoms with Crippen molar-refractivity contribution in [3.8, 4) is 0 Å². The Labute approximate surface area is 174 Å². The second kappa shape index (κ2) is 8.37. The lowest BCUT2D eigenvalue weighted by molar-refractivity contribution is -0.143. The average Bonchev–Trinajstić information content (AvgIpc) is 2.66. The van der Waals surface area contributed by atoms with Gasteiger partial charge in [-0.15, -0.1) is 0 Å². The van der Waals surface area contributed by atoms with Crippen LogP contribution in [0.4, 0.5) is 37.8 Å². The number of carbonyl (C=O) groups is 1. The fraction of sp³-hybridized carbons (Fsp3) is 0.400. The zero-order valence-electron chi connectivity index (χ0n) is 16.5. The van der Waals surface area contributed by atoms with Crippen molar-refractivity contribution in [1.29, 1.82) is 0 Å². The molecule has 2 aromatic rings. The minimum Gasteiger partial charge on any atom is -0.372 e. The van der Waals surface area contributed by atoms with Gasteiger partial charge in [0.05, 0.1) is 35.2 Å². The summed E-state index contributed by atoms with van der Waals surface area (Å²) >= 11 is 0. The number of amides is 1. The molecule has 0 bridgehead atoms. The average molecular weight is 447 g/mol. The Balaban J connectivity index is 1.80. The molecule has 5 nitrogen and oxygen atoms in total. The highest BCUT2D eigenvalue weighted by Crippen LogP contribution is 2.36. The van der Waals surface area contributed by atoms with Gasteiger partial charge in [-0.05, 0) is 44.2 Å². The van der Waals surface area contributed by atoms with E-state index in [2.05, 4.69) is 10.3 Å². The first-order valence-corrected chi connectivity index (χ1v) is 9.30. The Morgan fingerprint density at radius 3 is 2.00 bits per heavy atom. The van der Waals surface area contributed by atoms with E-state index in [0.29, 0.717) is 31.0 Å². The maximum absolute atomic E-state index is 13.0. The van der Waals surface area contributed by atoms with Crippen molar-refractivity contribution >= 4 is 17.4 Å². The molecule has 1 saturated heterocycles. The van der Waals surface area contributed by atoms with Crippen molar-refractivity contribution in [3.05, 3.63) is 53.2 Å². The van der Waals surface area contributed by atoms with Crippen molar-refractivity contribution in [2.75, 3.05) is 23.3 Å². The lowest BCUT2D eigenvalue weighted by atomic mass is 10.0. The summed E-state index contributed by atoms with van der Waals surface area (Å²) < 4.78 is 83.5. The van der Waals surface area contributed by atoms with Crippen LogP contribution in [0.2, 0.25) is 0 Å². The molecule has 0 radical (unpaired) electrons. The van der Waals surface area contributed by atoms with E-state index in [9.17, 15) is 31.1 Å². The Bertz CT molecular complexity index is 901. The number of pyridine rings is 1. The quantitative estimate of drug-likeness (QED) is 0.674. The number of aromatic nitrogens is 1. The number of rotatable bonds is 3. The number of morpholine rings is 1. The molecule has 31 heavy (non-hydrogen) atoms. The Morgan fingerprint density at radius 2 is 1.55 bits per heavy atom. The molecular formula is C20H19F6N3O2. The van der Waals surface area contributed by atoms with Gasteiger partial charge in [-0.25, -0.2) is 4.98 Å². The van der Waals surface area contributed by atoms with Crippen molar-refractivity contribution in [2.45, 2.75) is 38.4 Å². The second-order valence-electron chi connectivity index (χ2n) is 7.32. The van der Waals surface area contributed by atoms with E-state index in [1.807, 2.05) is 18.7 Å². The molecule has 0 aliphatic carbocycles. The predicted molar refractivity (Wildman–Crippen MR) is 101 cm³/mol. The van der Waals surface area contributed by atoms with Crippen LogP contribution in [0.25, 0.3) is 0 Å². The van der Waals surface area contributed by atoms with E-state index in [-0.39, 0.29) is 24.0 Å². The van der Waals surface area contributed by atoms with Crippen molar-refractivity contribution in [2.24, 2.45) is 0 Å². The molecule has 1 fully saturated rings. The first-order valence-electron chi connectivity index (χ1n) is 9.30. The molecule has 1 aliphatic rings. The third kappa shape index (κ3) is 5.66. The van der Waals surface area contributed by atoms with Crippen LogP contribution in [-0.4, -0.2) is 36.2 Å². The molecule has 168 valence electrons. The number of alkyl halides is 6. The first kappa shape index (κ1) is 22.9. The number of carbonyl (C=O) groups excluding carboxylic acids is 1. The normalized spacial score (nSPS) is 19.9. The van der Waals surface area contributed by atoms with Crippen LogP contribution in [0.5, 0.6) is 0 Å². The number of ether oxygens (including phenoxy) is 1. The van der Waals surface area contributed by atoms with Crippen molar-refractivity contribution < 1.29 is 35.9 Å². The standard InChI is InChI=1S/C20H19F6N3O2/c1-11-9-29(10-12(2)31-11)17-4-3-16(8-27-17)28-18(30)13-5-14(19(21,22)23)7-15(6-13)20(24,25)26/h3-8,11-12H,9-10H2,1-2H3,(H,28,30)/t11-,12+. The van der Waals surface area contributed by atoms with Gasteiger partial charge in [0, 0.05) is 18.7 Å². The van der Waals surface area contributed by atoms with Crippen LogP contribution in [-0.2, 0) is 17.1 Å². The third-order valence-corrected chi connectivity index (χ3v) is 4.60. The van der Waals surface area contributed by atoms with Crippen LogP contribution in [0.1, 0.15) is 35.3 Å². The highest BCUT2D eigenvalue weighted by Gasteiger charge is 2.37. The van der Waals surface area contributed by atoms with Crippen LogP contribution in [0.3, 0.4) is 0 Å². The Hall–Kier alpha value is -2.82. The van der Waals surface area contributed by atoms with Crippen LogP contribution < -0.4 is 10.2 Å². The molecule has 1 aromatic carbocycles. The van der Waals surface area contributed by atoms with E-state index < -0.39 is 35.0 Å². The second-order valence-corrected chi connectivity index (χ2v) is 7.32. The van der Waals surface area contributed by atoms with Crippen LogP contribution >= 0.6 is 0 Å². The molecule has 1 aliphatic heterocycles. The number of benzene rings is 1. The topological polar surface area (TPSA) is 54.5 Å². The van der Waals surface area contributed by atoms with Gasteiger partial charge in [0.15, 0.2) is 0 Å². The zero-order chi connectivity index (χ0) is 23.0. The summed E-state index contributed by atoms with van der Waals surface area (Å²) in [5.41, 5.74) is -3.75. The molecule has 0 saturated carbocycles. The Kier molecular flexibility index (Phi) is 6.17. The van der Waals surface area contributed by atoms with E-state index in [1.54, 1.807) is 6.07 Å². The van der Waals surface area contributed by atoms with Gasteiger partial charge < -0.3 is 15.0 Å². The maximum Gasteiger partial charge on any atom is 0.416 e. The van der Waals surface area contributed by atoms with Gasteiger partial charge in [-0.2, -0.15) is 26.3 Å². The summed E-state index contributed by atoms with van der Waals surface area (Å²) in [4.78, 5) is 18.6. The number of hydrogen-bond acceptors (Lipinski definition) is 4. The highest BCUT2D eigenvalue weighted by molar-refractivity contribution is 6.04. The number of hydrogen-bond donors (Lipinski definition) is 1. The number of halogens is 6. The molecule has 0 unspecified atom stereocenters. The molecular weight excluding hydrogens is 428 g/mol. The van der Waals surface area contributed by atoms with Crippen molar-refractivity contribution in [3.63, 3.8) is 0 Å². The summed E-state index contributed by atoms with van der Waals surface area (Å²) in [6.45, 7) is 5.05. The minimum atomic E-state index is -5.04. The van der Waals surface area contributed by atoms with Gasteiger partial charge in [-0.3, -0.25) is 4.79 Å². The molecule has 1 aromatic heterocycles. The lowest BCUT2D eigenvalue weighted by Gasteiger charge is -2.36. The van der Waals surface area contributed by atoms with E-state index in [0.717, 1.165) is 0 Å². The van der Waals surface area contributed by atoms with Crippen LogP contribution in [0, 0.1) is 0 Å². The number of anilines is 2. The first-order chi connectivity index (χ1) is 14.3. The summed E-state index contributed by atoms with van der Waals surface area (Å²) in [6.07, 6.45) is -8.80. The monoisotopic (exact) mass is 447 g/mol. The zero-order valence-corrected chi connectivity index (χ0v) is 16.5. The van der Waals surface area contributed by atoms with Crippen LogP contribution in [0.15, 0.2) is 36.5 Å².